The van der Waals surface area contributed by atoms with Crippen LogP contribution in [0.4, 0.5) is 13.2 Å². The number of hydrogen-bond acceptors (Lipinski definition) is 2. The molecular formula is C14H14ClF3N2O. The summed E-state index contributed by atoms with van der Waals surface area (Å²) in [5, 5.41) is 0.446. The zero-order valence-electron chi connectivity index (χ0n) is 11.2. The summed E-state index contributed by atoms with van der Waals surface area (Å²) >= 11 is 5.79. The average molecular weight is 319 g/mol. The fraction of sp³-hybridized carbons (Fsp3) is 0.429. The minimum atomic E-state index is -4.16. The molecule has 0 aliphatic heterocycles. The molecule has 0 unspecified atom stereocenters. The van der Waals surface area contributed by atoms with Crippen LogP contribution in [0.2, 0.25) is 0 Å². The van der Waals surface area contributed by atoms with Crippen LogP contribution in [0.15, 0.2) is 29.1 Å². The Morgan fingerprint density at radius 2 is 1.90 bits per heavy atom. The monoisotopic (exact) mass is 318 g/mol. The van der Waals surface area contributed by atoms with Crippen LogP contribution in [0, 0.1) is 0 Å². The first kappa shape index (κ1) is 15.8. The van der Waals surface area contributed by atoms with Crippen molar-refractivity contribution in [3.05, 3.63) is 40.4 Å². The van der Waals surface area contributed by atoms with E-state index in [1.165, 1.54) is 4.57 Å². The lowest BCUT2D eigenvalue weighted by Gasteiger charge is -2.12. The Balaban J connectivity index is 2.22. The highest BCUT2D eigenvalue weighted by Gasteiger charge is 2.25. The Morgan fingerprint density at radius 1 is 1.19 bits per heavy atom. The molecule has 0 amide bonds. The van der Waals surface area contributed by atoms with Gasteiger partial charge in [-0.1, -0.05) is 12.1 Å². The van der Waals surface area contributed by atoms with Gasteiger partial charge in [0.05, 0.1) is 16.8 Å². The number of halogens is 4. The first-order valence-corrected chi connectivity index (χ1v) is 7.07. The highest BCUT2D eigenvalue weighted by molar-refractivity contribution is 6.16. The maximum Gasteiger partial charge on any atom is 0.389 e. The molecule has 0 aliphatic carbocycles. The van der Waals surface area contributed by atoms with Gasteiger partial charge in [-0.3, -0.25) is 9.36 Å². The molecule has 21 heavy (non-hydrogen) atoms. The second kappa shape index (κ2) is 6.47. The van der Waals surface area contributed by atoms with Crippen LogP contribution >= 0.6 is 11.6 Å². The van der Waals surface area contributed by atoms with Gasteiger partial charge < -0.3 is 0 Å². The SMILES string of the molecule is O=c1c2ccccc2nc(CCl)n1CCCCC(F)(F)F. The Labute approximate surface area is 124 Å². The van der Waals surface area contributed by atoms with Gasteiger partial charge in [0.1, 0.15) is 5.82 Å². The second-order valence-electron chi connectivity index (χ2n) is 4.71. The van der Waals surface area contributed by atoms with E-state index in [1.54, 1.807) is 24.3 Å². The fourth-order valence-corrected chi connectivity index (χ4v) is 2.35. The van der Waals surface area contributed by atoms with Gasteiger partial charge >= 0.3 is 6.18 Å². The molecule has 0 bridgehead atoms. The maximum atomic E-state index is 12.3. The quantitative estimate of drug-likeness (QED) is 0.619. The molecule has 114 valence electrons. The van der Waals surface area contributed by atoms with Crippen molar-refractivity contribution in [1.29, 1.82) is 0 Å². The Kier molecular flexibility index (Phi) is 4.88. The molecule has 0 N–H and O–H groups in total. The van der Waals surface area contributed by atoms with Crippen molar-refractivity contribution in [2.75, 3.05) is 0 Å². The van der Waals surface area contributed by atoms with Gasteiger partial charge in [-0.2, -0.15) is 13.2 Å². The molecular weight excluding hydrogens is 305 g/mol. The van der Waals surface area contributed by atoms with Crippen molar-refractivity contribution in [3.8, 4) is 0 Å². The van der Waals surface area contributed by atoms with E-state index in [4.69, 9.17) is 11.6 Å². The van der Waals surface area contributed by atoms with Crippen LogP contribution in [-0.2, 0) is 12.4 Å². The summed E-state index contributed by atoms with van der Waals surface area (Å²) in [6.45, 7) is 0.189. The predicted octanol–water partition coefficient (Wildman–Crippen LogP) is 3.87. The molecule has 0 radical (unpaired) electrons. The molecule has 0 spiro atoms. The largest absolute Gasteiger partial charge is 0.389 e. The number of para-hydroxylation sites is 1. The van der Waals surface area contributed by atoms with E-state index in [-0.39, 0.29) is 30.8 Å². The zero-order chi connectivity index (χ0) is 15.5. The second-order valence-corrected chi connectivity index (χ2v) is 4.98. The molecule has 3 nitrogen and oxygen atoms in total. The van der Waals surface area contributed by atoms with Crippen molar-refractivity contribution < 1.29 is 13.2 Å². The molecule has 1 aromatic heterocycles. The summed E-state index contributed by atoms with van der Waals surface area (Å²) in [6, 6.07) is 6.84. The standard InChI is InChI=1S/C14H14ClF3N2O/c15-9-12-19-11-6-2-1-5-10(11)13(21)20(12)8-4-3-7-14(16,17)18/h1-2,5-6H,3-4,7-9H2. The zero-order valence-corrected chi connectivity index (χ0v) is 11.9. The van der Waals surface area contributed by atoms with Crippen LogP contribution < -0.4 is 5.56 Å². The average Bonchev–Trinajstić information content (AvgIpc) is 2.44. The van der Waals surface area contributed by atoms with Crippen LogP contribution in [0.25, 0.3) is 10.9 Å². The lowest BCUT2D eigenvalue weighted by molar-refractivity contribution is -0.135. The summed E-state index contributed by atoms with van der Waals surface area (Å²) < 4.78 is 37.7. The summed E-state index contributed by atoms with van der Waals surface area (Å²) in [5.41, 5.74) is 0.285. The van der Waals surface area contributed by atoms with Gasteiger partial charge in [-0.25, -0.2) is 4.98 Å². The predicted molar refractivity (Wildman–Crippen MR) is 75.5 cm³/mol. The van der Waals surface area contributed by atoms with Crippen LogP contribution in [-0.4, -0.2) is 15.7 Å². The van der Waals surface area contributed by atoms with Crippen molar-refractivity contribution in [2.24, 2.45) is 0 Å². The van der Waals surface area contributed by atoms with Gasteiger partial charge in [0.2, 0.25) is 0 Å². The number of hydrogen-bond donors (Lipinski definition) is 0. The molecule has 0 aliphatic rings. The van der Waals surface area contributed by atoms with Crippen molar-refractivity contribution in [1.82, 2.24) is 9.55 Å². The first-order chi connectivity index (χ1) is 9.92. The number of rotatable bonds is 5. The van der Waals surface area contributed by atoms with Crippen LogP contribution in [0.3, 0.4) is 0 Å². The smallest absolute Gasteiger partial charge is 0.295 e. The third-order valence-corrected chi connectivity index (χ3v) is 3.39. The third kappa shape index (κ3) is 3.97. The van der Waals surface area contributed by atoms with Crippen molar-refractivity contribution >= 4 is 22.5 Å². The Bertz CT molecular complexity index is 682. The topological polar surface area (TPSA) is 34.9 Å². The molecule has 7 heteroatoms. The molecule has 2 aromatic rings. The molecule has 0 atom stereocenters. The summed E-state index contributed by atoms with van der Waals surface area (Å²) in [4.78, 5) is 16.6. The molecule has 0 fully saturated rings. The number of fused-ring (bicyclic) bond motifs is 1. The summed E-state index contributed by atoms with van der Waals surface area (Å²) in [5.74, 6) is 0.423. The molecule has 1 heterocycles. The number of alkyl halides is 4. The fourth-order valence-electron chi connectivity index (χ4n) is 2.14. The molecule has 0 saturated carbocycles. The number of benzene rings is 1. The van der Waals surface area contributed by atoms with E-state index >= 15 is 0 Å². The van der Waals surface area contributed by atoms with Gasteiger partial charge in [0, 0.05) is 13.0 Å². The van der Waals surface area contributed by atoms with Gasteiger partial charge in [-0.15, -0.1) is 11.6 Å². The highest BCUT2D eigenvalue weighted by Crippen LogP contribution is 2.22. The summed E-state index contributed by atoms with van der Waals surface area (Å²) in [6.07, 6.45) is -4.78. The van der Waals surface area contributed by atoms with E-state index in [0.717, 1.165) is 0 Å². The van der Waals surface area contributed by atoms with Gasteiger partial charge in [0.25, 0.3) is 5.56 Å². The minimum absolute atomic E-state index is 0.0233. The Hall–Kier alpha value is -1.56. The maximum absolute atomic E-state index is 12.3. The minimum Gasteiger partial charge on any atom is -0.295 e. The van der Waals surface area contributed by atoms with Crippen molar-refractivity contribution in [2.45, 2.75) is 37.9 Å². The highest BCUT2D eigenvalue weighted by atomic mass is 35.5. The lowest BCUT2D eigenvalue weighted by atomic mass is 10.2. The molecule has 1 aromatic carbocycles. The number of unbranched alkanes of at least 4 members (excludes halogenated alkanes) is 1. The van der Waals surface area contributed by atoms with E-state index < -0.39 is 12.6 Å². The van der Waals surface area contributed by atoms with Gasteiger partial charge in [-0.05, 0) is 25.0 Å². The van der Waals surface area contributed by atoms with E-state index in [1.807, 2.05) is 0 Å². The van der Waals surface area contributed by atoms with E-state index in [9.17, 15) is 18.0 Å². The van der Waals surface area contributed by atoms with E-state index in [2.05, 4.69) is 4.98 Å². The first-order valence-electron chi connectivity index (χ1n) is 6.53. The van der Waals surface area contributed by atoms with E-state index in [0.29, 0.717) is 16.7 Å². The number of aromatic nitrogens is 2. The number of nitrogens with zero attached hydrogens (tertiary/aromatic N) is 2. The normalized spacial score (nSPS) is 12.0. The Morgan fingerprint density at radius 3 is 2.57 bits per heavy atom. The molecule has 0 saturated heterocycles. The molecule has 2 rings (SSSR count). The lowest BCUT2D eigenvalue weighted by Crippen LogP contribution is -2.25. The van der Waals surface area contributed by atoms with Crippen LogP contribution in [0.5, 0.6) is 0 Å². The summed E-state index contributed by atoms with van der Waals surface area (Å²) in [7, 11) is 0. The van der Waals surface area contributed by atoms with Crippen molar-refractivity contribution in [3.63, 3.8) is 0 Å². The third-order valence-electron chi connectivity index (χ3n) is 3.15. The van der Waals surface area contributed by atoms with Crippen LogP contribution in [0.1, 0.15) is 25.1 Å². The van der Waals surface area contributed by atoms with Gasteiger partial charge in [0.15, 0.2) is 0 Å².